The van der Waals surface area contributed by atoms with E-state index in [1.165, 1.54) is 0 Å². The third-order valence-corrected chi connectivity index (χ3v) is 5.50. The predicted octanol–water partition coefficient (Wildman–Crippen LogP) is 1.59. The molecule has 0 spiro atoms. The number of aryl methyl sites for hydroxylation is 1. The molecule has 1 aliphatic carbocycles. The number of phenolic OH excluding ortho intramolecular Hbond substituents is 1. The van der Waals surface area contributed by atoms with Gasteiger partial charge in [0.25, 0.3) is 5.91 Å². The molecular formula is C19H19N5O2. The van der Waals surface area contributed by atoms with E-state index in [9.17, 15) is 9.90 Å². The highest BCUT2D eigenvalue weighted by Crippen LogP contribution is 2.42. The minimum Gasteiger partial charge on any atom is -0.508 e. The van der Waals surface area contributed by atoms with Crippen molar-refractivity contribution in [3.05, 3.63) is 41.6 Å². The van der Waals surface area contributed by atoms with Crippen LogP contribution in [0.3, 0.4) is 0 Å². The van der Waals surface area contributed by atoms with Gasteiger partial charge in [-0.1, -0.05) is 0 Å². The van der Waals surface area contributed by atoms with Gasteiger partial charge in [-0.2, -0.15) is 5.10 Å². The number of aromatic amines is 1. The van der Waals surface area contributed by atoms with Crippen LogP contribution in [0.2, 0.25) is 0 Å². The summed E-state index contributed by atoms with van der Waals surface area (Å²) in [4.78, 5) is 17.6. The van der Waals surface area contributed by atoms with Crippen LogP contribution in [-0.4, -0.2) is 45.3 Å². The highest BCUT2D eigenvalue weighted by atomic mass is 16.3. The minimum atomic E-state index is -0.0821. The van der Waals surface area contributed by atoms with Gasteiger partial charge in [0.2, 0.25) is 0 Å². The van der Waals surface area contributed by atoms with E-state index in [0.717, 1.165) is 29.7 Å². The number of piperidine rings is 1. The molecule has 0 radical (unpaired) electrons. The largest absolute Gasteiger partial charge is 0.508 e. The van der Waals surface area contributed by atoms with Gasteiger partial charge in [-0.05, 0) is 49.1 Å². The second-order valence-electron chi connectivity index (χ2n) is 7.13. The maximum absolute atomic E-state index is 13.0. The summed E-state index contributed by atoms with van der Waals surface area (Å²) in [6.45, 7) is 3.85. The van der Waals surface area contributed by atoms with Crippen LogP contribution in [0.1, 0.15) is 16.1 Å². The Bertz CT molecular complexity index is 1000. The zero-order valence-corrected chi connectivity index (χ0v) is 14.3. The average Bonchev–Trinajstić information content (AvgIpc) is 3.00. The summed E-state index contributed by atoms with van der Waals surface area (Å²) in [7, 11) is 0. The first-order chi connectivity index (χ1) is 12.6. The molecule has 3 atom stereocenters. The molecule has 1 unspecified atom stereocenters. The predicted molar refractivity (Wildman–Crippen MR) is 96.8 cm³/mol. The molecule has 1 aromatic carbocycles. The Morgan fingerprint density at radius 3 is 2.69 bits per heavy atom. The molecule has 0 bridgehead atoms. The van der Waals surface area contributed by atoms with Crippen molar-refractivity contribution < 1.29 is 9.90 Å². The number of H-pyrrole nitrogens is 1. The fourth-order valence-electron chi connectivity index (χ4n) is 4.00. The Kier molecular flexibility index (Phi) is 3.27. The number of hydrogen-bond acceptors (Lipinski definition) is 5. The van der Waals surface area contributed by atoms with E-state index in [-0.39, 0.29) is 17.7 Å². The number of pyridine rings is 1. The van der Waals surface area contributed by atoms with Crippen molar-refractivity contribution in [1.82, 2.24) is 25.8 Å². The molecule has 7 heteroatoms. The van der Waals surface area contributed by atoms with Crippen LogP contribution in [-0.2, 0) is 0 Å². The zero-order chi connectivity index (χ0) is 17.8. The van der Waals surface area contributed by atoms with Crippen molar-refractivity contribution in [2.45, 2.75) is 13.0 Å². The van der Waals surface area contributed by atoms with E-state index in [1.54, 1.807) is 24.3 Å². The molecule has 1 amide bonds. The van der Waals surface area contributed by atoms with E-state index in [4.69, 9.17) is 0 Å². The molecule has 5 rings (SSSR count). The molecule has 3 heterocycles. The van der Waals surface area contributed by atoms with Crippen LogP contribution >= 0.6 is 0 Å². The van der Waals surface area contributed by atoms with Gasteiger partial charge in [-0.15, -0.1) is 0 Å². The van der Waals surface area contributed by atoms with Crippen LogP contribution in [0.25, 0.3) is 22.3 Å². The third kappa shape index (κ3) is 2.35. The Hall–Kier alpha value is -2.93. The number of nitrogens with zero attached hydrogens (tertiary/aromatic N) is 2. The molecule has 3 aromatic rings. The molecule has 4 N–H and O–H groups in total. The lowest BCUT2D eigenvalue weighted by Crippen LogP contribution is -2.32. The lowest BCUT2D eigenvalue weighted by molar-refractivity contribution is 0.0948. The first-order valence-corrected chi connectivity index (χ1v) is 8.78. The molecular weight excluding hydrogens is 330 g/mol. The second kappa shape index (κ2) is 5.54. The number of hydrogen-bond donors (Lipinski definition) is 4. The van der Waals surface area contributed by atoms with E-state index < -0.39 is 0 Å². The molecule has 2 aromatic heterocycles. The summed E-state index contributed by atoms with van der Waals surface area (Å²) in [6, 6.07) is 8.84. The van der Waals surface area contributed by atoms with Crippen molar-refractivity contribution >= 4 is 16.9 Å². The summed E-state index contributed by atoms with van der Waals surface area (Å²) >= 11 is 0. The number of benzene rings is 1. The van der Waals surface area contributed by atoms with Gasteiger partial charge in [0.05, 0.1) is 16.6 Å². The Morgan fingerprint density at radius 2 is 1.96 bits per heavy atom. The monoisotopic (exact) mass is 349 g/mol. The number of carbonyl (C=O) groups excluding carboxylic acids is 1. The fraction of sp³-hybridized carbons (Fsp3) is 0.316. The maximum Gasteiger partial charge on any atom is 0.252 e. The van der Waals surface area contributed by atoms with Gasteiger partial charge in [0, 0.05) is 30.4 Å². The summed E-state index contributed by atoms with van der Waals surface area (Å²) in [5, 5.41) is 23.9. The number of nitrogens with one attached hydrogen (secondary N) is 3. The van der Waals surface area contributed by atoms with Crippen molar-refractivity contribution in [2.24, 2.45) is 11.8 Å². The van der Waals surface area contributed by atoms with E-state index in [1.807, 2.05) is 13.0 Å². The summed E-state index contributed by atoms with van der Waals surface area (Å²) in [5.41, 5.74) is 3.42. The number of carbonyl (C=O) groups is 1. The van der Waals surface area contributed by atoms with Crippen molar-refractivity contribution in [3.63, 3.8) is 0 Å². The SMILES string of the molecule is Cc1[nH]nc2nc(-c3ccc(O)cc3)cc(C(=O)NC3[C@H]4CNC[C@@H]34)c12. The van der Waals surface area contributed by atoms with Gasteiger partial charge in [0.15, 0.2) is 5.65 Å². The molecule has 2 aliphatic rings. The molecule has 1 saturated carbocycles. The van der Waals surface area contributed by atoms with E-state index >= 15 is 0 Å². The molecule has 7 nitrogen and oxygen atoms in total. The highest BCUT2D eigenvalue weighted by molar-refractivity contribution is 6.07. The van der Waals surface area contributed by atoms with Crippen molar-refractivity contribution in [1.29, 1.82) is 0 Å². The Labute approximate surface area is 149 Å². The maximum atomic E-state index is 13.0. The normalized spacial score (nSPS) is 23.8. The van der Waals surface area contributed by atoms with Gasteiger partial charge >= 0.3 is 0 Å². The summed E-state index contributed by atoms with van der Waals surface area (Å²) < 4.78 is 0. The number of amides is 1. The summed E-state index contributed by atoms with van der Waals surface area (Å²) in [6.07, 6.45) is 0. The Morgan fingerprint density at radius 1 is 1.23 bits per heavy atom. The molecule has 132 valence electrons. The van der Waals surface area contributed by atoms with Gasteiger partial charge < -0.3 is 15.7 Å². The number of phenols is 1. The van der Waals surface area contributed by atoms with Crippen LogP contribution in [0.15, 0.2) is 30.3 Å². The topological polar surface area (TPSA) is 103 Å². The average molecular weight is 349 g/mol. The van der Waals surface area contributed by atoms with Gasteiger partial charge in [-0.3, -0.25) is 9.89 Å². The first-order valence-electron chi connectivity index (χ1n) is 8.78. The standard InChI is InChI=1S/C19H19N5O2/c1-9-16-12(19(26)22-17-13-7-20-8-14(13)17)6-15(21-18(16)24-23-9)10-2-4-11(25)5-3-10/h2-6,13-14,17,20,25H,7-8H2,1H3,(H,22,26)(H,21,23,24)/t13-,14+,17?. The number of fused-ring (bicyclic) bond motifs is 2. The third-order valence-electron chi connectivity index (χ3n) is 5.50. The number of rotatable bonds is 3. The zero-order valence-electron chi connectivity index (χ0n) is 14.3. The molecule has 26 heavy (non-hydrogen) atoms. The van der Waals surface area contributed by atoms with Crippen LogP contribution in [0, 0.1) is 18.8 Å². The van der Waals surface area contributed by atoms with Gasteiger partial charge in [0.1, 0.15) is 5.75 Å². The second-order valence-corrected chi connectivity index (χ2v) is 7.13. The van der Waals surface area contributed by atoms with Crippen molar-refractivity contribution in [3.8, 4) is 17.0 Å². The molecule has 2 fully saturated rings. The van der Waals surface area contributed by atoms with E-state index in [2.05, 4.69) is 25.8 Å². The summed E-state index contributed by atoms with van der Waals surface area (Å²) in [5.74, 6) is 1.22. The highest BCUT2D eigenvalue weighted by Gasteiger charge is 2.53. The Balaban J connectivity index is 1.55. The van der Waals surface area contributed by atoms with Crippen LogP contribution < -0.4 is 10.6 Å². The van der Waals surface area contributed by atoms with Crippen LogP contribution in [0.4, 0.5) is 0 Å². The first kappa shape index (κ1) is 15.3. The van der Waals surface area contributed by atoms with Gasteiger partial charge in [-0.25, -0.2) is 4.98 Å². The van der Waals surface area contributed by atoms with Crippen LogP contribution in [0.5, 0.6) is 5.75 Å². The van der Waals surface area contributed by atoms with Crippen molar-refractivity contribution in [2.75, 3.05) is 13.1 Å². The molecule has 1 saturated heterocycles. The van der Waals surface area contributed by atoms with E-state index in [0.29, 0.717) is 28.7 Å². The number of aromatic hydroxyl groups is 1. The lowest BCUT2D eigenvalue weighted by Gasteiger charge is -2.10. The fourth-order valence-corrected chi connectivity index (χ4v) is 4.00. The number of aromatic nitrogens is 3. The lowest BCUT2D eigenvalue weighted by atomic mass is 10.0. The minimum absolute atomic E-state index is 0.0821. The quantitative estimate of drug-likeness (QED) is 0.575. The smallest absolute Gasteiger partial charge is 0.252 e. The molecule has 1 aliphatic heterocycles.